The lowest BCUT2D eigenvalue weighted by Gasteiger charge is -2.29. The first kappa shape index (κ1) is 22.1. The van der Waals surface area contributed by atoms with Crippen molar-refractivity contribution in [1.82, 2.24) is 9.88 Å². The highest BCUT2D eigenvalue weighted by Gasteiger charge is 2.34. The number of aryl methyl sites for hydroxylation is 1. The third-order valence-electron chi connectivity index (χ3n) is 4.96. The molecule has 0 unspecified atom stereocenters. The van der Waals surface area contributed by atoms with Crippen LogP contribution in [0.4, 0.5) is 5.69 Å². The Labute approximate surface area is 200 Å². The van der Waals surface area contributed by atoms with Crippen molar-refractivity contribution in [1.29, 1.82) is 0 Å². The molecule has 0 spiro atoms. The number of carbonyl (C=O) groups excluding carboxylic acids is 2. The molecule has 0 atom stereocenters. The van der Waals surface area contributed by atoms with E-state index in [1.807, 2.05) is 48.0 Å². The van der Waals surface area contributed by atoms with Crippen molar-refractivity contribution in [2.24, 2.45) is 0 Å². The second-order valence-corrected chi connectivity index (χ2v) is 8.24. The minimum Gasteiger partial charge on any atom is -0.497 e. The molecule has 2 amide bonds. The maximum Gasteiger partial charge on any atom is 0.270 e. The number of thiocarbonyl (C=S) groups is 1. The number of hydrogen-bond acceptors (Lipinski definition) is 4. The lowest BCUT2D eigenvalue weighted by Crippen LogP contribution is -2.54. The fourth-order valence-corrected chi connectivity index (χ4v) is 3.95. The van der Waals surface area contributed by atoms with Gasteiger partial charge in [0.25, 0.3) is 11.8 Å². The van der Waals surface area contributed by atoms with Gasteiger partial charge in [0.05, 0.1) is 22.8 Å². The van der Waals surface area contributed by atoms with Gasteiger partial charge in [0.1, 0.15) is 11.3 Å². The summed E-state index contributed by atoms with van der Waals surface area (Å²) in [6.45, 7) is 1.94. The third-order valence-corrected chi connectivity index (χ3v) is 5.98. The van der Waals surface area contributed by atoms with Crippen LogP contribution in [-0.2, 0) is 9.59 Å². The van der Waals surface area contributed by atoms with E-state index in [-0.39, 0.29) is 15.7 Å². The lowest BCUT2D eigenvalue weighted by molar-refractivity contribution is -0.122. The van der Waals surface area contributed by atoms with Gasteiger partial charge in [-0.3, -0.25) is 19.8 Å². The number of aromatic nitrogens is 1. The van der Waals surface area contributed by atoms with Crippen molar-refractivity contribution >= 4 is 64.1 Å². The molecular formula is C23H17Cl2N3O3S. The monoisotopic (exact) mass is 485 g/mol. The molecule has 0 radical (unpaired) electrons. The first-order valence-electron chi connectivity index (χ1n) is 9.48. The Morgan fingerprint density at radius 3 is 2.34 bits per heavy atom. The Kier molecular flexibility index (Phi) is 6.06. The highest BCUT2D eigenvalue weighted by molar-refractivity contribution is 7.80. The zero-order valence-electron chi connectivity index (χ0n) is 17.1. The van der Waals surface area contributed by atoms with Gasteiger partial charge in [-0.25, -0.2) is 0 Å². The zero-order chi connectivity index (χ0) is 23.0. The van der Waals surface area contributed by atoms with E-state index in [0.29, 0.717) is 16.3 Å². The number of carbonyl (C=O) groups is 2. The van der Waals surface area contributed by atoms with E-state index in [2.05, 4.69) is 5.32 Å². The van der Waals surface area contributed by atoms with Crippen LogP contribution in [0, 0.1) is 6.92 Å². The fourth-order valence-electron chi connectivity index (χ4n) is 3.38. The molecular weight excluding hydrogens is 469 g/mol. The van der Waals surface area contributed by atoms with Gasteiger partial charge in [0.2, 0.25) is 0 Å². The molecule has 4 rings (SSSR count). The van der Waals surface area contributed by atoms with Crippen LogP contribution < -0.4 is 15.0 Å². The van der Waals surface area contributed by atoms with E-state index < -0.39 is 11.8 Å². The second-order valence-electron chi connectivity index (χ2n) is 7.04. The summed E-state index contributed by atoms with van der Waals surface area (Å²) in [5, 5.41) is 3.16. The van der Waals surface area contributed by atoms with Gasteiger partial charge in [-0.05, 0) is 79.3 Å². The summed E-state index contributed by atoms with van der Waals surface area (Å²) < 4.78 is 7.16. The topological polar surface area (TPSA) is 63.6 Å². The number of rotatable bonds is 4. The summed E-state index contributed by atoms with van der Waals surface area (Å²) >= 11 is 17.3. The number of nitrogens with one attached hydrogen (secondary N) is 1. The molecule has 2 heterocycles. The van der Waals surface area contributed by atoms with Crippen LogP contribution in [0.2, 0.25) is 10.0 Å². The predicted octanol–water partition coefficient (Wildman–Crippen LogP) is 4.93. The summed E-state index contributed by atoms with van der Waals surface area (Å²) in [4.78, 5) is 27.0. The fraction of sp³-hybridized carbons (Fsp3) is 0.0870. The number of halogens is 2. The standard InChI is InChI=1S/C23H17Cl2N3O3S/c1-13-9-14(12-27(13)15-3-6-17(31-2)7-4-15)10-18-21(29)26-23(32)28(22(18)30)16-5-8-19(24)20(25)11-16/h3-12H,1-2H3,(H,26,29,32)/b18-10-. The SMILES string of the molecule is COc1ccc(-n2cc(/C=C3/C(=O)NC(=S)N(c4ccc(Cl)c(Cl)c4)C3=O)cc2C)cc1. The molecule has 1 saturated heterocycles. The summed E-state index contributed by atoms with van der Waals surface area (Å²) in [7, 11) is 1.61. The van der Waals surface area contributed by atoms with Gasteiger partial charge >= 0.3 is 0 Å². The van der Waals surface area contributed by atoms with Crippen LogP contribution >= 0.6 is 35.4 Å². The van der Waals surface area contributed by atoms with Gasteiger partial charge in [0, 0.05) is 17.6 Å². The first-order chi connectivity index (χ1) is 15.3. The van der Waals surface area contributed by atoms with Crippen LogP contribution in [0.15, 0.2) is 60.3 Å². The molecule has 1 aliphatic rings. The number of ether oxygens (including phenoxy) is 1. The molecule has 0 bridgehead atoms. The van der Waals surface area contributed by atoms with Crippen molar-refractivity contribution in [2.75, 3.05) is 12.0 Å². The number of benzene rings is 2. The Balaban J connectivity index is 1.69. The number of methoxy groups -OCH3 is 1. The minimum atomic E-state index is -0.564. The lowest BCUT2D eigenvalue weighted by atomic mass is 10.1. The molecule has 0 aliphatic carbocycles. The molecule has 9 heteroatoms. The van der Waals surface area contributed by atoms with Crippen molar-refractivity contribution < 1.29 is 14.3 Å². The first-order valence-corrected chi connectivity index (χ1v) is 10.6. The number of amides is 2. The summed E-state index contributed by atoms with van der Waals surface area (Å²) in [6.07, 6.45) is 3.39. The maximum atomic E-state index is 13.2. The van der Waals surface area contributed by atoms with Gasteiger partial charge in [-0.2, -0.15) is 0 Å². The average Bonchev–Trinajstić information content (AvgIpc) is 3.13. The Bertz CT molecular complexity index is 1280. The Hall–Kier alpha value is -3.13. The smallest absolute Gasteiger partial charge is 0.270 e. The van der Waals surface area contributed by atoms with Crippen molar-refractivity contribution in [3.8, 4) is 11.4 Å². The second kappa shape index (κ2) is 8.78. The van der Waals surface area contributed by atoms with Crippen LogP contribution in [0.1, 0.15) is 11.3 Å². The maximum absolute atomic E-state index is 13.2. The van der Waals surface area contributed by atoms with Crippen molar-refractivity contribution in [3.63, 3.8) is 0 Å². The molecule has 32 heavy (non-hydrogen) atoms. The molecule has 1 aromatic heterocycles. The molecule has 1 N–H and O–H groups in total. The highest BCUT2D eigenvalue weighted by Crippen LogP contribution is 2.30. The zero-order valence-corrected chi connectivity index (χ0v) is 19.4. The molecule has 1 aliphatic heterocycles. The van der Waals surface area contributed by atoms with Crippen molar-refractivity contribution in [3.05, 3.63) is 81.6 Å². The molecule has 1 fully saturated rings. The summed E-state index contributed by atoms with van der Waals surface area (Å²) in [5.41, 5.74) is 2.91. The highest BCUT2D eigenvalue weighted by atomic mass is 35.5. The van der Waals surface area contributed by atoms with Gasteiger partial charge in [-0.1, -0.05) is 23.2 Å². The molecule has 2 aromatic carbocycles. The van der Waals surface area contributed by atoms with E-state index in [1.165, 1.54) is 17.0 Å². The molecule has 162 valence electrons. The summed E-state index contributed by atoms with van der Waals surface area (Å²) in [6, 6.07) is 14.1. The van der Waals surface area contributed by atoms with Gasteiger partial charge < -0.3 is 9.30 Å². The van der Waals surface area contributed by atoms with E-state index in [9.17, 15) is 9.59 Å². The van der Waals surface area contributed by atoms with E-state index in [0.717, 1.165) is 17.1 Å². The van der Waals surface area contributed by atoms with E-state index in [1.54, 1.807) is 19.2 Å². The molecule has 6 nitrogen and oxygen atoms in total. The normalized spacial score (nSPS) is 15.3. The van der Waals surface area contributed by atoms with E-state index in [4.69, 9.17) is 40.2 Å². The quantitative estimate of drug-likeness (QED) is 0.323. The van der Waals surface area contributed by atoms with E-state index >= 15 is 0 Å². The van der Waals surface area contributed by atoms with Gasteiger partial charge in [0.15, 0.2) is 5.11 Å². The largest absolute Gasteiger partial charge is 0.497 e. The molecule has 3 aromatic rings. The third kappa shape index (κ3) is 4.14. The van der Waals surface area contributed by atoms with Crippen LogP contribution in [-0.4, -0.2) is 28.6 Å². The Morgan fingerprint density at radius 1 is 1.00 bits per heavy atom. The van der Waals surface area contributed by atoms with Crippen LogP contribution in [0.5, 0.6) is 5.75 Å². The number of nitrogens with zero attached hydrogens (tertiary/aromatic N) is 2. The number of anilines is 1. The summed E-state index contributed by atoms with van der Waals surface area (Å²) in [5.74, 6) is -0.359. The molecule has 0 saturated carbocycles. The van der Waals surface area contributed by atoms with Crippen molar-refractivity contribution in [2.45, 2.75) is 6.92 Å². The number of hydrogen-bond donors (Lipinski definition) is 1. The average molecular weight is 486 g/mol. The predicted molar refractivity (Wildman–Crippen MR) is 130 cm³/mol. The minimum absolute atomic E-state index is 0.0254. The van der Waals surface area contributed by atoms with Crippen LogP contribution in [0.25, 0.3) is 11.8 Å². The Morgan fingerprint density at radius 2 is 1.69 bits per heavy atom. The van der Waals surface area contributed by atoms with Gasteiger partial charge in [-0.15, -0.1) is 0 Å². The van der Waals surface area contributed by atoms with Crippen LogP contribution in [0.3, 0.4) is 0 Å².